The molecule has 3 N–H and O–H groups in total. The van der Waals surface area contributed by atoms with E-state index in [1.807, 2.05) is 37.3 Å². The van der Waals surface area contributed by atoms with E-state index in [4.69, 9.17) is 0 Å². The maximum Gasteiger partial charge on any atom is 0.240 e. The lowest BCUT2D eigenvalue weighted by Crippen LogP contribution is -2.31. The third-order valence-electron chi connectivity index (χ3n) is 3.72. The van der Waals surface area contributed by atoms with Gasteiger partial charge < -0.3 is 5.11 Å². The van der Waals surface area contributed by atoms with E-state index in [0.717, 1.165) is 22.5 Å². The molecule has 0 fully saturated rings. The average Bonchev–Trinajstić information content (AvgIpc) is 2.56. The van der Waals surface area contributed by atoms with E-state index >= 15 is 0 Å². The number of nitrogens with zero attached hydrogens (tertiary/aromatic N) is 2. The van der Waals surface area contributed by atoms with E-state index in [1.165, 1.54) is 0 Å². The van der Waals surface area contributed by atoms with Crippen molar-refractivity contribution in [1.82, 2.24) is 5.43 Å². The summed E-state index contributed by atoms with van der Waals surface area (Å²) >= 11 is 0. The van der Waals surface area contributed by atoms with Gasteiger partial charge in [-0.15, -0.1) is 0 Å². The zero-order valence-corrected chi connectivity index (χ0v) is 13.2. The Balaban J connectivity index is 1.66. The molecule has 0 radical (unpaired) electrons. The van der Waals surface area contributed by atoms with E-state index in [0.29, 0.717) is 6.42 Å². The van der Waals surface area contributed by atoms with Crippen LogP contribution in [0.4, 0.5) is 5.69 Å². The number of benzene rings is 2. The molecule has 1 unspecified atom stereocenters. The summed E-state index contributed by atoms with van der Waals surface area (Å²) in [6, 6.07) is 14.5. The third kappa shape index (κ3) is 3.78. The van der Waals surface area contributed by atoms with E-state index in [2.05, 4.69) is 21.1 Å². The first kappa shape index (κ1) is 15.7. The van der Waals surface area contributed by atoms with Crippen LogP contribution in [0.1, 0.15) is 24.5 Å². The van der Waals surface area contributed by atoms with Crippen LogP contribution in [-0.2, 0) is 4.79 Å². The fourth-order valence-electron chi connectivity index (χ4n) is 2.50. The lowest BCUT2D eigenvalue weighted by Gasteiger charge is -2.19. The maximum absolute atomic E-state index is 11.3. The molecule has 0 aromatic heterocycles. The molecule has 0 spiro atoms. The average molecular weight is 322 g/mol. The molecule has 2 aromatic rings. The minimum Gasteiger partial charge on any atom is -0.508 e. The highest BCUT2D eigenvalue weighted by Crippen LogP contribution is 2.18. The normalized spacial score (nSPS) is 17.5. The van der Waals surface area contributed by atoms with Crippen LogP contribution >= 0.6 is 0 Å². The van der Waals surface area contributed by atoms with Crippen LogP contribution in [0.25, 0.3) is 0 Å². The number of aromatic hydroxyl groups is 1. The monoisotopic (exact) mass is 322 g/mol. The van der Waals surface area contributed by atoms with Gasteiger partial charge in [0.2, 0.25) is 5.91 Å². The van der Waals surface area contributed by atoms with Crippen molar-refractivity contribution in [3.63, 3.8) is 0 Å². The van der Waals surface area contributed by atoms with Crippen molar-refractivity contribution in [2.24, 2.45) is 16.1 Å². The first-order valence-corrected chi connectivity index (χ1v) is 7.67. The molecular weight excluding hydrogens is 304 g/mol. The van der Waals surface area contributed by atoms with Crippen molar-refractivity contribution in [2.45, 2.75) is 13.3 Å². The van der Waals surface area contributed by atoms with E-state index < -0.39 is 0 Å². The fraction of sp³-hybridized carbons (Fsp3) is 0.167. The first-order chi connectivity index (χ1) is 11.6. The number of amides is 1. The van der Waals surface area contributed by atoms with Gasteiger partial charge in [0, 0.05) is 12.3 Å². The van der Waals surface area contributed by atoms with E-state index in [-0.39, 0.29) is 17.6 Å². The quantitative estimate of drug-likeness (QED) is 0.597. The van der Waals surface area contributed by atoms with Crippen molar-refractivity contribution in [2.75, 3.05) is 5.43 Å². The van der Waals surface area contributed by atoms with Crippen LogP contribution in [0.5, 0.6) is 5.75 Å². The second-order valence-electron chi connectivity index (χ2n) is 5.68. The molecular formula is C18H18N4O2. The van der Waals surface area contributed by atoms with Gasteiger partial charge in [0.05, 0.1) is 17.6 Å². The van der Waals surface area contributed by atoms with Gasteiger partial charge in [0.1, 0.15) is 5.75 Å². The van der Waals surface area contributed by atoms with Crippen molar-refractivity contribution >= 4 is 23.5 Å². The summed E-state index contributed by atoms with van der Waals surface area (Å²) in [5.41, 5.74) is 8.96. The van der Waals surface area contributed by atoms with Crippen LogP contribution < -0.4 is 10.9 Å². The van der Waals surface area contributed by atoms with Gasteiger partial charge >= 0.3 is 0 Å². The topological polar surface area (TPSA) is 86.1 Å². The molecule has 0 saturated carbocycles. The Hall–Kier alpha value is -3.15. The van der Waals surface area contributed by atoms with E-state index in [9.17, 15) is 9.90 Å². The van der Waals surface area contributed by atoms with Crippen LogP contribution in [0, 0.1) is 5.92 Å². The van der Waals surface area contributed by atoms with Gasteiger partial charge in [-0.3, -0.25) is 10.2 Å². The Morgan fingerprint density at radius 3 is 2.79 bits per heavy atom. The van der Waals surface area contributed by atoms with Crippen molar-refractivity contribution in [1.29, 1.82) is 0 Å². The van der Waals surface area contributed by atoms with E-state index in [1.54, 1.807) is 24.4 Å². The number of hydrazone groups is 2. The van der Waals surface area contributed by atoms with Gasteiger partial charge in [-0.1, -0.05) is 31.2 Å². The summed E-state index contributed by atoms with van der Waals surface area (Å²) in [7, 11) is 0. The molecule has 122 valence electrons. The molecule has 0 aliphatic carbocycles. The zero-order valence-electron chi connectivity index (χ0n) is 13.2. The fourth-order valence-corrected chi connectivity index (χ4v) is 2.50. The predicted molar refractivity (Wildman–Crippen MR) is 94.2 cm³/mol. The second kappa shape index (κ2) is 6.95. The summed E-state index contributed by atoms with van der Waals surface area (Å²) in [5, 5.41) is 17.7. The molecule has 1 heterocycles. The minimum absolute atomic E-state index is 0.0502. The summed E-state index contributed by atoms with van der Waals surface area (Å²) in [6.45, 7) is 1.99. The molecule has 0 bridgehead atoms. The minimum atomic E-state index is -0.0502. The number of anilines is 1. The molecule has 1 aliphatic heterocycles. The highest BCUT2D eigenvalue weighted by Gasteiger charge is 2.21. The van der Waals surface area contributed by atoms with Crippen LogP contribution in [0.3, 0.4) is 0 Å². The van der Waals surface area contributed by atoms with Gasteiger partial charge in [-0.2, -0.15) is 10.2 Å². The molecule has 2 aromatic carbocycles. The molecule has 0 saturated heterocycles. The Labute approximate surface area is 139 Å². The molecule has 6 nitrogen and oxygen atoms in total. The number of carbonyl (C=O) groups excluding carboxylic acids is 1. The Morgan fingerprint density at radius 2 is 2.08 bits per heavy atom. The molecule has 1 amide bonds. The SMILES string of the molecule is CC1CC(=O)NN=C1c1ccc(NN=Cc2cccc(O)c2)cc1. The van der Waals surface area contributed by atoms with Gasteiger partial charge in [-0.25, -0.2) is 5.43 Å². The van der Waals surface area contributed by atoms with Crippen LogP contribution in [0.2, 0.25) is 0 Å². The standard InChI is InChI=1S/C18H18N4O2/c1-12-9-17(24)21-22-18(12)14-5-7-15(8-6-14)20-19-11-13-3-2-4-16(23)10-13/h2-8,10-12,20,23H,9H2,1H3,(H,21,24). The first-order valence-electron chi connectivity index (χ1n) is 7.67. The van der Waals surface area contributed by atoms with Crippen molar-refractivity contribution in [3.8, 4) is 5.75 Å². The number of hydrogen-bond acceptors (Lipinski definition) is 5. The number of nitrogens with one attached hydrogen (secondary N) is 2. The summed E-state index contributed by atoms with van der Waals surface area (Å²) in [4.78, 5) is 11.3. The van der Waals surface area contributed by atoms with Gasteiger partial charge in [-0.05, 0) is 35.4 Å². The molecule has 24 heavy (non-hydrogen) atoms. The smallest absolute Gasteiger partial charge is 0.240 e. The number of hydrogen-bond donors (Lipinski definition) is 3. The summed E-state index contributed by atoms with van der Waals surface area (Å²) < 4.78 is 0. The van der Waals surface area contributed by atoms with Crippen LogP contribution in [-0.4, -0.2) is 22.9 Å². The molecule has 3 rings (SSSR count). The number of phenolic OH excluding ortho intramolecular Hbond substituents is 1. The predicted octanol–water partition coefficient (Wildman–Crippen LogP) is 2.70. The third-order valence-corrected chi connectivity index (χ3v) is 3.72. The van der Waals surface area contributed by atoms with Crippen molar-refractivity contribution in [3.05, 3.63) is 59.7 Å². The largest absolute Gasteiger partial charge is 0.508 e. The number of carbonyl (C=O) groups is 1. The van der Waals surface area contributed by atoms with Crippen LogP contribution in [0.15, 0.2) is 58.7 Å². The Morgan fingerprint density at radius 1 is 1.29 bits per heavy atom. The molecule has 6 heteroatoms. The molecule has 1 aliphatic rings. The summed E-state index contributed by atoms with van der Waals surface area (Å²) in [5.74, 6) is 0.255. The number of rotatable bonds is 4. The Kier molecular flexibility index (Phi) is 4.56. The summed E-state index contributed by atoms with van der Waals surface area (Å²) in [6.07, 6.45) is 2.09. The zero-order chi connectivity index (χ0) is 16.9. The second-order valence-corrected chi connectivity index (χ2v) is 5.68. The highest BCUT2D eigenvalue weighted by molar-refractivity contribution is 6.05. The Bertz CT molecular complexity index is 797. The number of phenols is 1. The lowest BCUT2D eigenvalue weighted by atomic mass is 9.94. The van der Waals surface area contributed by atoms with Gasteiger partial charge in [0.15, 0.2) is 0 Å². The maximum atomic E-state index is 11.3. The lowest BCUT2D eigenvalue weighted by molar-refractivity contribution is -0.121. The van der Waals surface area contributed by atoms with Crippen molar-refractivity contribution < 1.29 is 9.90 Å². The van der Waals surface area contributed by atoms with Gasteiger partial charge in [0.25, 0.3) is 0 Å². The molecule has 1 atom stereocenters. The highest BCUT2D eigenvalue weighted by atomic mass is 16.3.